The molecule has 0 saturated carbocycles. The van der Waals surface area contributed by atoms with E-state index in [0.29, 0.717) is 5.71 Å². The van der Waals surface area contributed by atoms with Gasteiger partial charge in [-0.2, -0.15) is 0 Å². The first-order chi connectivity index (χ1) is 21.7. The summed E-state index contributed by atoms with van der Waals surface area (Å²) in [6, 6.07) is 56.4. The maximum Gasteiger partial charge on any atom is 0.0462 e. The van der Waals surface area contributed by atoms with Crippen molar-refractivity contribution in [2.24, 2.45) is 0 Å². The van der Waals surface area contributed by atoms with Crippen LogP contribution in [0.25, 0.3) is 55.3 Å². The van der Waals surface area contributed by atoms with E-state index in [-0.39, 0.29) is 0 Å². The van der Waals surface area contributed by atoms with Gasteiger partial charge in [-0.15, -0.1) is 0 Å². The van der Waals surface area contributed by atoms with Crippen LogP contribution in [-0.2, 0) is 0 Å². The van der Waals surface area contributed by atoms with Gasteiger partial charge in [-0.05, 0) is 104 Å². The van der Waals surface area contributed by atoms with Crippen molar-refractivity contribution in [1.82, 2.24) is 0 Å². The van der Waals surface area contributed by atoms with Crippen molar-refractivity contribution in [3.05, 3.63) is 163 Å². The van der Waals surface area contributed by atoms with E-state index in [1.807, 2.05) is 19.1 Å². The summed E-state index contributed by atoms with van der Waals surface area (Å²) in [6.45, 7) is 1.82. The van der Waals surface area contributed by atoms with Gasteiger partial charge in [0.2, 0.25) is 0 Å². The van der Waals surface area contributed by atoms with Gasteiger partial charge < -0.3 is 10.3 Å². The number of anilines is 3. The van der Waals surface area contributed by atoms with Gasteiger partial charge in [0, 0.05) is 22.8 Å². The molecule has 2 nitrogen and oxygen atoms in total. The number of nitrogens with zero attached hydrogens (tertiary/aromatic N) is 1. The minimum absolute atomic E-state index is 0.579. The van der Waals surface area contributed by atoms with Crippen molar-refractivity contribution in [3.63, 3.8) is 0 Å². The highest BCUT2D eigenvalue weighted by Crippen LogP contribution is 2.49. The molecule has 1 aliphatic rings. The van der Waals surface area contributed by atoms with E-state index >= 15 is 0 Å². The number of para-hydroxylation sites is 1. The molecule has 7 aromatic carbocycles. The average Bonchev–Trinajstić information content (AvgIpc) is 3.41. The van der Waals surface area contributed by atoms with Gasteiger partial charge in [0.15, 0.2) is 0 Å². The molecular formula is C42H30N2. The average molecular weight is 563 g/mol. The molecule has 0 bridgehead atoms. The fourth-order valence-electron chi connectivity index (χ4n) is 6.59. The predicted octanol–water partition coefficient (Wildman–Crippen LogP) is 11.7. The Labute approximate surface area is 258 Å². The second-order valence-electron chi connectivity index (χ2n) is 11.4. The Kier molecular flexibility index (Phi) is 6.20. The third kappa shape index (κ3) is 4.31. The summed E-state index contributed by atoms with van der Waals surface area (Å²) in [7, 11) is 0. The van der Waals surface area contributed by atoms with Gasteiger partial charge in [0.25, 0.3) is 0 Å². The molecule has 0 unspecified atom stereocenters. The quantitative estimate of drug-likeness (QED) is 0.201. The topological polar surface area (TPSA) is 27.1 Å². The zero-order chi connectivity index (χ0) is 29.6. The number of fused-ring (bicyclic) bond motifs is 3. The molecule has 7 aromatic rings. The number of benzene rings is 7. The van der Waals surface area contributed by atoms with E-state index in [1.54, 1.807) is 0 Å². The monoisotopic (exact) mass is 562 g/mol. The molecule has 0 heterocycles. The van der Waals surface area contributed by atoms with Crippen LogP contribution in [0.5, 0.6) is 0 Å². The first kappa shape index (κ1) is 25.9. The molecule has 8 rings (SSSR count). The first-order valence-corrected chi connectivity index (χ1v) is 15.0. The van der Waals surface area contributed by atoms with E-state index in [0.717, 1.165) is 33.8 Å². The van der Waals surface area contributed by atoms with Crippen molar-refractivity contribution >= 4 is 33.5 Å². The highest BCUT2D eigenvalue weighted by atomic mass is 15.1. The Hall–Kier alpha value is -5.73. The lowest BCUT2D eigenvalue weighted by Crippen LogP contribution is -2.09. The largest absolute Gasteiger partial charge is 0.311 e. The van der Waals surface area contributed by atoms with Crippen molar-refractivity contribution in [2.45, 2.75) is 6.92 Å². The van der Waals surface area contributed by atoms with Crippen LogP contribution in [0, 0.1) is 5.41 Å². The molecule has 0 fully saturated rings. The Morgan fingerprint density at radius 2 is 0.886 bits per heavy atom. The molecule has 0 amide bonds. The van der Waals surface area contributed by atoms with Crippen LogP contribution < -0.4 is 4.90 Å². The normalized spacial score (nSPS) is 11.4. The molecule has 0 aromatic heterocycles. The molecule has 0 saturated heterocycles. The Balaban J connectivity index is 1.16. The molecule has 0 radical (unpaired) electrons. The van der Waals surface area contributed by atoms with Gasteiger partial charge in [0.1, 0.15) is 0 Å². The van der Waals surface area contributed by atoms with Gasteiger partial charge in [-0.1, -0.05) is 121 Å². The summed E-state index contributed by atoms with van der Waals surface area (Å²) in [6.07, 6.45) is 0. The zero-order valence-electron chi connectivity index (χ0n) is 24.5. The summed E-state index contributed by atoms with van der Waals surface area (Å²) in [5.41, 5.74) is 14.9. The zero-order valence-corrected chi connectivity index (χ0v) is 24.5. The summed E-state index contributed by atoms with van der Waals surface area (Å²) in [5.74, 6) is 0. The minimum Gasteiger partial charge on any atom is -0.311 e. The molecule has 44 heavy (non-hydrogen) atoms. The lowest BCUT2D eigenvalue weighted by molar-refractivity contribution is 1.28. The lowest BCUT2D eigenvalue weighted by atomic mass is 9.94. The van der Waals surface area contributed by atoms with Crippen molar-refractivity contribution in [1.29, 1.82) is 5.41 Å². The molecule has 0 aliphatic heterocycles. The summed E-state index contributed by atoms with van der Waals surface area (Å²) < 4.78 is 0. The van der Waals surface area contributed by atoms with Crippen LogP contribution in [0.1, 0.15) is 12.5 Å². The standard InChI is InChI=1S/C42H30N2/c1-28(43)29-14-16-30(17-15-29)31-18-22-34(23-19-31)44(33-8-3-2-4-9-33)35-24-20-32(21-25-35)36-26-27-41-38-11-6-5-10-37(38)40-13-7-12-39(36)42(40)41/h2-27,43H,1H3. The summed E-state index contributed by atoms with van der Waals surface area (Å²) >= 11 is 0. The van der Waals surface area contributed by atoms with E-state index in [4.69, 9.17) is 5.41 Å². The van der Waals surface area contributed by atoms with Crippen LogP contribution >= 0.6 is 0 Å². The van der Waals surface area contributed by atoms with Crippen LogP contribution in [0.15, 0.2) is 158 Å². The van der Waals surface area contributed by atoms with Gasteiger partial charge >= 0.3 is 0 Å². The van der Waals surface area contributed by atoms with Crippen molar-refractivity contribution < 1.29 is 0 Å². The minimum atomic E-state index is 0.579. The number of rotatable bonds is 6. The summed E-state index contributed by atoms with van der Waals surface area (Å²) in [4.78, 5) is 2.30. The summed E-state index contributed by atoms with van der Waals surface area (Å²) in [5, 5.41) is 10.5. The molecule has 1 N–H and O–H groups in total. The molecular weight excluding hydrogens is 532 g/mol. The molecule has 2 heteroatoms. The number of hydrogen-bond acceptors (Lipinski definition) is 2. The molecule has 0 spiro atoms. The lowest BCUT2D eigenvalue weighted by Gasteiger charge is -2.26. The SMILES string of the molecule is CC(=N)c1ccc(-c2ccc(N(c3ccccc3)c3ccc(-c4ccc5c6c(cccc46)-c4ccccc4-5)cc3)cc2)cc1. The van der Waals surface area contributed by atoms with Crippen LogP contribution in [0.2, 0.25) is 0 Å². The van der Waals surface area contributed by atoms with Crippen LogP contribution in [-0.4, -0.2) is 5.71 Å². The van der Waals surface area contributed by atoms with E-state index in [1.165, 1.54) is 44.2 Å². The third-order valence-corrected chi connectivity index (χ3v) is 8.78. The molecule has 1 aliphatic carbocycles. The van der Waals surface area contributed by atoms with Crippen LogP contribution in [0.3, 0.4) is 0 Å². The Morgan fingerprint density at radius 3 is 1.50 bits per heavy atom. The van der Waals surface area contributed by atoms with Gasteiger partial charge in [-0.25, -0.2) is 0 Å². The second-order valence-corrected chi connectivity index (χ2v) is 11.4. The highest BCUT2D eigenvalue weighted by Gasteiger charge is 2.22. The molecule has 208 valence electrons. The van der Waals surface area contributed by atoms with E-state index < -0.39 is 0 Å². The van der Waals surface area contributed by atoms with E-state index in [9.17, 15) is 0 Å². The Morgan fingerprint density at radius 1 is 0.409 bits per heavy atom. The van der Waals surface area contributed by atoms with Gasteiger partial charge in [0.05, 0.1) is 0 Å². The Bertz CT molecular complexity index is 2130. The van der Waals surface area contributed by atoms with Crippen molar-refractivity contribution in [2.75, 3.05) is 4.90 Å². The number of nitrogens with one attached hydrogen (secondary N) is 1. The number of hydrogen-bond donors (Lipinski definition) is 1. The maximum atomic E-state index is 7.89. The smallest absolute Gasteiger partial charge is 0.0462 e. The van der Waals surface area contributed by atoms with Crippen LogP contribution in [0.4, 0.5) is 17.1 Å². The molecule has 0 atom stereocenters. The first-order valence-electron chi connectivity index (χ1n) is 15.0. The van der Waals surface area contributed by atoms with Gasteiger partial charge in [-0.3, -0.25) is 0 Å². The second kappa shape index (κ2) is 10.5. The fraction of sp³-hybridized carbons (Fsp3) is 0.0238. The fourth-order valence-corrected chi connectivity index (χ4v) is 6.59. The maximum absolute atomic E-state index is 7.89. The highest BCUT2D eigenvalue weighted by molar-refractivity contribution is 6.18. The predicted molar refractivity (Wildman–Crippen MR) is 186 cm³/mol. The third-order valence-electron chi connectivity index (χ3n) is 8.78. The van der Waals surface area contributed by atoms with Crippen molar-refractivity contribution in [3.8, 4) is 44.5 Å². The van der Waals surface area contributed by atoms with E-state index in [2.05, 4.69) is 150 Å².